The average molecular weight is 157 g/mol. The van der Waals surface area contributed by atoms with E-state index in [1.54, 1.807) is 0 Å². The van der Waals surface area contributed by atoms with Gasteiger partial charge in [0, 0.05) is 6.04 Å². The molecule has 2 aliphatic rings. The van der Waals surface area contributed by atoms with Gasteiger partial charge in [-0.15, -0.1) is 0 Å². The zero-order valence-electron chi connectivity index (χ0n) is 7.04. The summed E-state index contributed by atoms with van der Waals surface area (Å²) in [6.07, 6.45) is 2.48. The quantitative estimate of drug-likeness (QED) is 0.561. The molecule has 3 nitrogen and oxygen atoms in total. The number of ether oxygens (including phenoxy) is 2. The molecule has 0 unspecified atom stereocenters. The Hall–Kier alpha value is -0.120. The summed E-state index contributed by atoms with van der Waals surface area (Å²) in [5.74, 6) is -0.409. The zero-order chi connectivity index (χ0) is 8.06. The highest BCUT2D eigenvalue weighted by atomic mass is 16.8. The topological polar surface area (TPSA) is 44.5 Å². The van der Waals surface area contributed by atoms with Crippen LogP contribution in [0, 0.1) is 0 Å². The summed E-state index contributed by atoms with van der Waals surface area (Å²) in [7, 11) is 0. The Balaban J connectivity index is 2.10. The summed E-state index contributed by atoms with van der Waals surface area (Å²) >= 11 is 0. The minimum atomic E-state index is -0.409. The van der Waals surface area contributed by atoms with Crippen LogP contribution in [0.4, 0.5) is 0 Å². The molecule has 64 valence electrons. The van der Waals surface area contributed by atoms with E-state index in [1.165, 1.54) is 0 Å². The minimum Gasteiger partial charge on any atom is -0.345 e. The second-order valence-electron chi connectivity index (χ2n) is 3.88. The van der Waals surface area contributed by atoms with Gasteiger partial charge >= 0.3 is 0 Å². The van der Waals surface area contributed by atoms with Crippen LogP contribution in [-0.4, -0.2) is 24.0 Å². The Morgan fingerprint density at radius 2 is 2.00 bits per heavy atom. The summed E-state index contributed by atoms with van der Waals surface area (Å²) in [5, 5.41) is 0. The van der Waals surface area contributed by atoms with Crippen molar-refractivity contribution in [1.29, 1.82) is 0 Å². The fraction of sp³-hybridized carbons (Fsp3) is 1.00. The highest BCUT2D eigenvalue weighted by Crippen LogP contribution is 2.37. The van der Waals surface area contributed by atoms with Crippen molar-refractivity contribution in [1.82, 2.24) is 0 Å². The molecule has 0 spiro atoms. The predicted molar refractivity (Wildman–Crippen MR) is 41.0 cm³/mol. The molecule has 1 heterocycles. The van der Waals surface area contributed by atoms with Gasteiger partial charge in [-0.3, -0.25) is 0 Å². The monoisotopic (exact) mass is 157 g/mol. The van der Waals surface area contributed by atoms with Crippen LogP contribution in [0.25, 0.3) is 0 Å². The molecule has 1 aliphatic heterocycles. The third-order valence-electron chi connectivity index (χ3n) is 2.43. The van der Waals surface area contributed by atoms with Gasteiger partial charge in [0.25, 0.3) is 0 Å². The van der Waals surface area contributed by atoms with Crippen LogP contribution in [0.2, 0.25) is 0 Å². The number of hydrogen-bond acceptors (Lipinski definition) is 3. The van der Waals surface area contributed by atoms with E-state index < -0.39 is 5.79 Å². The third-order valence-corrected chi connectivity index (χ3v) is 2.43. The number of nitrogens with two attached hydrogens (primary N) is 1. The second kappa shape index (κ2) is 2.19. The van der Waals surface area contributed by atoms with Crippen molar-refractivity contribution in [3.8, 4) is 0 Å². The molecule has 2 fully saturated rings. The van der Waals surface area contributed by atoms with Crippen molar-refractivity contribution in [3.63, 3.8) is 0 Å². The van der Waals surface area contributed by atoms with Gasteiger partial charge in [-0.1, -0.05) is 0 Å². The fourth-order valence-corrected chi connectivity index (χ4v) is 1.97. The minimum absolute atomic E-state index is 0.144. The molecule has 0 bridgehead atoms. The maximum Gasteiger partial charge on any atom is 0.163 e. The Bertz CT molecular complexity index is 169. The average Bonchev–Trinajstić information content (AvgIpc) is 2.31. The molecule has 3 atom stereocenters. The van der Waals surface area contributed by atoms with Crippen molar-refractivity contribution in [3.05, 3.63) is 0 Å². The lowest BCUT2D eigenvalue weighted by Crippen LogP contribution is -2.34. The van der Waals surface area contributed by atoms with E-state index in [0.29, 0.717) is 0 Å². The highest BCUT2D eigenvalue weighted by molar-refractivity contribution is 4.94. The molecule has 0 aromatic carbocycles. The molecule has 2 N–H and O–H groups in total. The number of hydrogen-bond donors (Lipinski definition) is 1. The van der Waals surface area contributed by atoms with E-state index in [1.807, 2.05) is 13.8 Å². The van der Waals surface area contributed by atoms with Gasteiger partial charge in [-0.05, 0) is 26.7 Å². The van der Waals surface area contributed by atoms with Crippen LogP contribution < -0.4 is 5.73 Å². The Morgan fingerprint density at radius 1 is 1.27 bits per heavy atom. The van der Waals surface area contributed by atoms with Gasteiger partial charge < -0.3 is 15.2 Å². The first-order valence-corrected chi connectivity index (χ1v) is 4.20. The molecule has 2 rings (SSSR count). The van der Waals surface area contributed by atoms with Gasteiger partial charge in [0.15, 0.2) is 5.79 Å². The first-order chi connectivity index (χ1) is 5.08. The van der Waals surface area contributed by atoms with Gasteiger partial charge in [0.05, 0.1) is 6.10 Å². The van der Waals surface area contributed by atoms with E-state index in [9.17, 15) is 0 Å². The largest absolute Gasteiger partial charge is 0.345 e. The molecule has 0 radical (unpaired) electrons. The van der Waals surface area contributed by atoms with Crippen molar-refractivity contribution in [2.75, 3.05) is 0 Å². The molecular weight excluding hydrogens is 142 g/mol. The molecule has 1 aliphatic carbocycles. The molecule has 1 saturated carbocycles. The fourth-order valence-electron chi connectivity index (χ4n) is 1.97. The van der Waals surface area contributed by atoms with Crippen LogP contribution in [-0.2, 0) is 9.47 Å². The number of rotatable bonds is 0. The summed E-state index contributed by atoms with van der Waals surface area (Å²) in [6, 6.07) is 0.182. The summed E-state index contributed by atoms with van der Waals surface area (Å²) < 4.78 is 11.3. The van der Waals surface area contributed by atoms with E-state index in [4.69, 9.17) is 15.2 Å². The zero-order valence-corrected chi connectivity index (χ0v) is 7.04. The van der Waals surface area contributed by atoms with Crippen molar-refractivity contribution < 1.29 is 9.47 Å². The van der Waals surface area contributed by atoms with E-state index in [0.717, 1.165) is 12.8 Å². The smallest absolute Gasteiger partial charge is 0.163 e. The molecule has 0 aromatic rings. The molecule has 1 saturated heterocycles. The first kappa shape index (κ1) is 7.53. The number of fused-ring (bicyclic) bond motifs is 1. The maximum absolute atomic E-state index is 5.84. The lowest BCUT2D eigenvalue weighted by atomic mass is 10.2. The second-order valence-corrected chi connectivity index (χ2v) is 3.88. The van der Waals surface area contributed by atoms with Crippen LogP contribution >= 0.6 is 0 Å². The van der Waals surface area contributed by atoms with Crippen molar-refractivity contribution in [2.24, 2.45) is 5.73 Å². The van der Waals surface area contributed by atoms with Gasteiger partial charge in [-0.25, -0.2) is 0 Å². The maximum atomic E-state index is 5.84. The molecular formula is C8H15NO2. The van der Waals surface area contributed by atoms with E-state index in [2.05, 4.69) is 0 Å². The lowest BCUT2D eigenvalue weighted by Gasteiger charge is -2.19. The first-order valence-electron chi connectivity index (χ1n) is 4.20. The van der Waals surface area contributed by atoms with E-state index >= 15 is 0 Å². The Kier molecular flexibility index (Phi) is 1.50. The highest BCUT2D eigenvalue weighted by Gasteiger charge is 2.47. The SMILES string of the molecule is CC1(C)O[C@H]2[C@H](CC[C@@H]2N)O1. The summed E-state index contributed by atoms with van der Waals surface area (Å²) in [4.78, 5) is 0. The molecule has 11 heavy (non-hydrogen) atoms. The summed E-state index contributed by atoms with van der Waals surface area (Å²) in [5.41, 5.74) is 5.84. The molecule has 3 heteroatoms. The summed E-state index contributed by atoms with van der Waals surface area (Å²) in [6.45, 7) is 3.88. The normalized spacial score (nSPS) is 47.7. The molecule has 0 aromatic heterocycles. The lowest BCUT2D eigenvalue weighted by molar-refractivity contribution is -0.152. The van der Waals surface area contributed by atoms with Crippen LogP contribution in [0.15, 0.2) is 0 Å². The van der Waals surface area contributed by atoms with Crippen LogP contribution in [0.1, 0.15) is 26.7 Å². The van der Waals surface area contributed by atoms with Gasteiger partial charge in [0.2, 0.25) is 0 Å². The standard InChI is InChI=1S/C8H15NO2/c1-8(2)10-6-4-3-5(9)7(6)11-8/h5-7H,3-4,9H2,1-2H3/t5-,6-,7+/m0/s1. The van der Waals surface area contributed by atoms with E-state index in [-0.39, 0.29) is 18.2 Å². The van der Waals surface area contributed by atoms with Crippen molar-refractivity contribution in [2.45, 2.75) is 50.7 Å². The Labute approximate surface area is 66.8 Å². The van der Waals surface area contributed by atoms with Crippen LogP contribution in [0.3, 0.4) is 0 Å². The predicted octanol–water partition coefficient (Wildman–Crippen LogP) is 0.628. The Morgan fingerprint density at radius 3 is 2.64 bits per heavy atom. The van der Waals surface area contributed by atoms with Gasteiger partial charge in [0.1, 0.15) is 6.10 Å². The molecule has 0 amide bonds. The van der Waals surface area contributed by atoms with Gasteiger partial charge in [-0.2, -0.15) is 0 Å². The van der Waals surface area contributed by atoms with Crippen LogP contribution in [0.5, 0.6) is 0 Å². The third kappa shape index (κ3) is 1.17. The van der Waals surface area contributed by atoms with Crippen molar-refractivity contribution >= 4 is 0 Å².